The normalized spacial score (nSPS) is 14.5. The molecule has 8 heteroatoms. The first kappa shape index (κ1) is 21.5. The molecule has 0 spiro atoms. The zero-order valence-corrected chi connectivity index (χ0v) is 17.1. The van der Waals surface area contributed by atoms with E-state index in [1.807, 2.05) is 48.5 Å². The highest BCUT2D eigenvalue weighted by atomic mass is 16.6. The van der Waals surface area contributed by atoms with Gasteiger partial charge in [0.2, 0.25) is 0 Å². The molecule has 0 aromatic heterocycles. The van der Waals surface area contributed by atoms with Crippen molar-refractivity contribution in [2.45, 2.75) is 52.5 Å². The fraction of sp³-hybridized carbons (Fsp3) is 0.550. The average Bonchev–Trinajstić information content (AvgIpc) is 3.17. The standard InChI is InChI=1S/C20H30N4O4/c1-16(24-13-8-11-22-24)23(14-12-21-18(25)28-20(2,3)4)19(26)27-15-17-9-6-5-7-10-17/h5-7,9-11,16H,8,12-15H2,1-4H3,(H,21,25). The molecule has 154 valence electrons. The maximum absolute atomic E-state index is 12.7. The van der Waals surface area contributed by atoms with Crippen LogP contribution in [0.1, 0.15) is 39.7 Å². The number of nitrogens with one attached hydrogen (secondary N) is 1. The van der Waals surface area contributed by atoms with Crippen LogP contribution in [-0.4, -0.2) is 59.7 Å². The Hall–Kier alpha value is -2.77. The fourth-order valence-corrected chi connectivity index (χ4v) is 2.68. The van der Waals surface area contributed by atoms with Crippen molar-refractivity contribution >= 4 is 18.4 Å². The molecular formula is C20H30N4O4. The molecule has 1 aliphatic heterocycles. The number of hydrogen-bond donors (Lipinski definition) is 1. The van der Waals surface area contributed by atoms with Gasteiger partial charge in [-0.15, -0.1) is 0 Å². The lowest BCUT2D eigenvalue weighted by Crippen LogP contribution is -2.50. The molecule has 1 heterocycles. The summed E-state index contributed by atoms with van der Waals surface area (Å²) in [5, 5.41) is 8.80. The number of ether oxygens (including phenoxy) is 2. The smallest absolute Gasteiger partial charge is 0.411 e. The number of rotatable bonds is 7. The van der Waals surface area contributed by atoms with Crippen LogP contribution < -0.4 is 5.32 Å². The molecule has 8 nitrogen and oxygen atoms in total. The van der Waals surface area contributed by atoms with Gasteiger partial charge >= 0.3 is 12.2 Å². The Labute approximate surface area is 166 Å². The van der Waals surface area contributed by atoms with E-state index in [1.54, 1.807) is 25.7 Å². The van der Waals surface area contributed by atoms with Crippen LogP contribution >= 0.6 is 0 Å². The summed E-state index contributed by atoms with van der Waals surface area (Å²) < 4.78 is 10.7. The molecule has 1 atom stereocenters. The first-order valence-electron chi connectivity index (χ1n) is 9.49. The Morgan fingerprint density at radius 3 is 2.61 bits per heavy atom. The summed E-state index contributed by atoms with van der Waals surface area (Å²) in [6.45, 7) is 8.74. The van der Waals surface area contributed by atoms with Crippen molar-refractivity contribution in [2.24, 2.45) is 5.10 Å². The molecular weight excluding hydrogens is 360 g/mol. The first-order chi connectivity index (χ1) is 13.3. The van der Waals surface area contributed by atoms with E-state index in [1.165, 1.54) is 0 Å². The number of hydrogen-bond acceptors (Lipinski definition) is 6. The highest BCUT2D eigenvalue weighted by Crippen LogP contribution is 2.13. The predicted octanol–water partition coefficient (Wildman–Crippen LogP) is 3.19. The van der Waals surface area contributed by atoms with E-state index in [0.29, 0.717) is 0 Å². The maximum atomic E-state index is 12.7. The van der Waals surface area contributed by atoms with Gasteiger partial charge in [0.15, 0.2) is 0 Å². The zero-order valence-electron chi connectivity index (χ0n) is 17.1. The third-order valence-corrected chi connectivity index (χ3v) is 4.06. The molecule has 0 radical (unpaired) electrons. The Balaban J connectivity index is 1.93. The molecule has 1 aromatic rings. The monoisotopic (exact) mass is 390 g/mol. The van der Waals surface area contributed by atoms with Gasteiger partial charge in [-0.3, -0.25) is 9.91 Å². The minimum Gasteiger partial charge on any atom is -0.444 e. The van der Waals surface area contributed by atoms with Crippen LogP contribution in [-0.2, 0) is 16.1 Å². The van der Waals surface area contributed by atoms with E-state index in [9.17, 15) is 9.59 Å². The summed E-state index contributed by atoms with van der Waals surface area (Å²) in [7, 11) is 0. The summed E-state index contributed by atoms with van der Waals surface area (Å²) in [6.07, 6.45) is 1.40. The van der Waals surface area contributed by atoms with E-state index in [0.717, 1.165) is 18.5 Å². The van der Waals surface area contributed by atoms with E-state index < -0.39 is 17.8 Å². The number of amides is 2. The lowest BCUT2D eigenvalue weighted by Gasteiger charge is -2.33. The van der Waals surface area contributed by atoms with E-state index in [2.05, 4.69) is 10.4 Å². The Kier molecular flexibility index (Phi) is 7.66. The SMILES string of the molecule is CC(N1CCC=N1)N(CCNC(=O)OC(C)(C)C)C(=O)OCc1ccccc1. The average molecular weight is 390 g/mol. The minimum absolute atomic E-state index is 0.186. The van der Waals surface area contributed by atoms with Crippen molar-refractivity contribution in [1.29, 1.82) is 0 Å². The molecule has 0 aliphatic carbocycles. The second kappa shape index (κ2) is 9.96. The van der Waals surface area contributed by atoms with Crippen molar-refractivity contribution in [3.8, 4) is 0 Å². The molecule has 28 heavy (non-hydrogen) atoms. The maximum Gasteiger partial charge on any atom is 0.411 e. The second-order valence-corrected chi connectivity index (χ2v) is 7.54. The van der Waals surface area contributed by atoms with Crippen LogP contribution in [0.25, 0.3) is 0 Å². The van der Waals surface area contributed by atoms with Gasteiger partial charge in [-0.2, -0.15) is 5.10 Å². The molecule has 0 fully saturated rings. The van der Waals surface area contributed by atoms with Gasteiger partial charge in [-0.05, 0) is 33.3 Å². The Morgan fingerprint density at radius 2 is 2.00 bits per heavy atom. The van der Waals surface area contributed by atoms with Gasteiger partial charge in [-0.1, -0.05) is 30.3 Å². The Morgan fingerprint density at radius 1 is 1.29 bits per heavy atom. The highest BCUT2D eigenvalue weighted by Gasteiger charge is 2.27. The van der Waals surface area contributed by atoms with E-state index in [4.69, 9.17) is 9.47 Å². The molecule has 1 aromatic carbocycles. The quantitative estimate of drug-likeness (QED) is 0.773. The van der Waals surface area contributed by atoms with Gasteiger partial charge in [0.1, 0.15) is 18.4 Å². The summed E-state index contributed by atoms with van der Waals surface area (Å²) >= 11 is 0. The zero-order chi connectivity index (χ0) is 20.6. The molecule has 1 aliphatic rings. The van der Waals surface area contributed by atoms with Gasteiger partial charge < -0.3 is 14.8 Å². The lowest BCUT2D eigenvalue weighted by molar-refractivity contribution is 0.0335. The molecule has 0 saturated heterocycles. The summed E-state index contributed by atoms with van der Waals surface area (Å²) in [5.74, 6) is 0. The fourth-order valence-electron chi connectivity index (χ4n) is 2.68. The van der Waals surface area contributed by atoms with Crippen LogP contribution in [0.15, 0.2) is 35.4 Å². The number of carbonyl (C=O) groups excluding carboxylic acids is 2. The minimum atomic E-state index is -0.573. The van der Waals surface area contributed by atoms with Crippen LogP contribution in [0.2, 0.25) is 0 Å². The van der Waals surface area contributed by atoms with Crippen LogP contribution in [0.3, 0.4) is 0 Å². The molecule has 0 bridgehead atoms. The second-order valence-electron chi connectivity index (χ2n) is 7.54. The van der Waals surface area contributed by atoms with Crippen molar-refractivity contribution in [3.63, 3.8) is 0 Å². The molecule has 1 N–H and O–H groups in total. The van der Waals surface area contributed by atoms with Crippen molar-refractivity contribution in [2.75, 3.05) is 19.6 Å². The number of alkyl carbamates (subject to hydrolysis) is 1. The molecule has 1 unspecified atom stereocenters. The third kappa shape index (κ3) is 7.09. The molecule has 0 saturated carbocycles. The van der Waals surface area contributed by atoms with Crippen LogP contribution in [0.5, 0.6) is 0 Å². The Bertz CT molecular complexity index is 673. The van der Waals surface area contributed by atoms with E-state index >= 15 is 0 Å². The van der Waals surface area contributed by atoms with Gasteiger partial charge in [0, 0.05) is 32.3 Å². The van der Waals surface area contributed by atoms with Gasteiger partial charge in [0.05, 0.1) is 0 Å². The van der Waals surface area contributed by atoms with Gasteiger partial charge in [0.25, 0.3) is 0 Å². The highest BCUT2D eigenvalue weighted by molar-refractivity contribution is 5.69. The third-order valence-electron chi connectivity index (χ3n) is 4.06. The summed E-state index contributed by atoms with van der Waals surface area (Å²) in [6, 6.07) is 9.50. The molecule has 2 amide bonds. The van der Waals surface area contributed by atoms with E-state index in [-0.39, 0.29) is 25.9 Å². The number of nitrogens with zero attached hydrogens (tertiary/aromatic N) is 3. The van der Waals surface area contributed by atoms with Crippen molar-refractivity contribution < 1.29 is 19.1 Å². The number of hydrazone groups is 1. The summed E-state index contributed by atoms with van der Waals surface area (Å²) in [4.78, 5) is 26.1. The van der Waals surface area contributed by atoms with Crippen molar-refractivity contribution in [3.05, 3.63) is 35.9 Å². The largest absolute Gasteiger partial charge is 0.444 e. The van der Waals surface area contributed by atoms with Crippen molar-refractivity contribution in [1.82, 2.24) is 15.2 Å². The first-order valence-corrected chi connectivity index (χ1v) is 9.49. The summed E-state index contributed by atoms with van der Waals surface area (Å²) in [5.41, 5.74) is 0.338. The molecule has 2 rings (SSSR count). The topological polar surface area (TPSA) is 83.5 Å². The number of benzene rings is 1. The predicted molar refractivity (Wildman–Crippen MR) is 107 cm³/mol. The van der Waals surface area contributed by atoms with Crippen LogP contribution in [0.4, 0.5) is 9.59 Å². The number of carbonyl (C=O) groups is 2. The van der Waals surface area contributed by atoms with Gasteiger partial charge in [-0.25, -0.2) is 9.59 Å². The van der Waals surface area contributed by atoms with Crippen LogP contribution in [0, 0.1) is 0 Å². The lowest BCUT2D eigenvalue weighted by atomic mass is 10.2.